The molecule has 184 valence electrons. The molecule has 1 amide bonds. The third-order valence-corrected chi connectivity index (χ3v) is 3.93. The molecule has 0 spiro atoms. The number of aromatic nitrogens is 1. The van der Waals surface area contributed by atoms with Crippen LogP contribution in [0.3, 0.4) is 0 Å². The van der Waals surface area contributed by atoms with Crippen molar-refractivity contribution >= 4 is 23.8 Å². The molecule has 1 N–H and O–H groups in total. The first kappa shape index (κ1) is 28.1. The van der Waals surface area contributed by atoms with Gasteiger partial charge in [0, 0.05) is 19.4 Å². The Hall–Kier alpha value is -3.96. The van der Waals surface area contributed by atoms with E-state index >= 15 is 0 Å². The summed E-state index contributed by atoms with van der Waals surface area (Å²) in [5.74, 6) is -3.86. The van der Waals surface area contributed by atoms with E-state index in [0.29, 0.717) is 11.3 Å². The molecular formula is C22H23F3N2O7. The second-order valence-electron chi connectivity index (χ2n) is 6.76. The Kier molecular flexibility index (Phi) is 10.7. The van der Waals surface area contributed by atoms with E-state index in [2.05, 4.69) is 5.32 Å². The van der Waals surface area contributed by atoms with Gasteiger partial charge in [0.15, 0.2) is 12.4 Å². The number of aryl methyl sites for hydroxylation is 1. The van der Waals surface area contributed by atoms with Crippen LogP contribution in [0.2, 0.25) is 0 Å². The lowest BCUT2D eigenvalue weighted by Crippen LogP contribution is -2.44. The van der Waals surface area contributed by atoms with Crippen molar-refractivity contribution in [2.75, 3.05) is 6.61 Å². The van der Waals surface area contributed by atoms with Crippen molar-refractivity contribution in [2.45, 2.75) is 32.5 Å². The lowest BCUT2D eigenvalue weighted by molar-refractivity contribution is -0.671. The molecule has 2 rings (SSSR count). The minimum Gasteiger partial charge on any atom is -0.542 e. The van der Waals surface area contributed by atoms with Crippen molar-refractivity contribution in [1.82, 2.24) is 5.32 Å². The zero-order chi connectivity index (χ0) is 25.9. The summed E-state index contributed by atoms with van der Waals surface area (Å²) in [5.41, 5.74) is 1.24. The highest BCUT2D eigenvalue weighted by atomic mass is 19.4. The number of ether oxygens (including phenoxy) is 2. The van der Waals surface area contributed by atoms with E-state index < -0.39 is 30.1 Å². The smallest absolute Gasteiger partial charge is 0.430 e. The zero-order valence-corrected chi connectivity index (χ0v) is 18.5. The number of alkyl halides is 3. The zero-order valence-electron chi connectivity index (χ0n) is 18.5. The van der Waals surface area contributed by atoms with E-state index in [-0.39, 0.29) is 18.9 Å². The Morgan fingerprint density at radius 1 is 1.12 bits per heavy atom. The maximum absolute atomic E-state index is 12.5. The van der Waals surface area contributed by atoms with Crippen LogP contribution in [0.15, 0.2) is 48.8 Å². The average molecular weight is 484 g/mol. The Labute approximate surface area is 193 Å². The number of rotatable bonds is 7. The number of carboxylic acids is 1. The average Bonchev–Trinajstić information content (AvgIpc) is 2.74. The molecule has 34 heavy (non-hydrogen) atoms. The van der Waals surface area contributed by atoms with Gasteiger partial charge in [0.25, 0.3) is 5.91 Å². The predicted molar refractivity (Wildman–Crippen MR) is 108 cm³/mol. The SMILES string of the molecule is CCOC(=O)C(Cc1ccc(OC(C)=O)cc1)NC(=O)c1ccc[n+](C)c1.O=C([O-])C(F)(F)F. The highest BCUT2D eigenvalue weighted by molar-refractivity contribution is 5.96. The summed E-state index contributed by atoms with van der Waals surface area (Å²) in [6.45, 7) is 3.25. The fourth-order valence-corrected chi connectivity index (χ4v) is 2.50. The Morgan fingerprint density at radius 3 is 2.18 bits per heavy atom. The van der Waals surface area contributed by atoms with Crippen LogP contribution in [0.1, 0.15) is 29.8 Å². The Bertz CT molecular complexity index is 1010. The fourth-order valence-electron chi connectivity index (χ4n) is 2.50. The van der Waals surface area contributed by atoms with Crippen LogP contribution in [0.5, 0.6) is 5.75 Å². The van der Waals surface area contributed by atoms with Gasteiger partial charge in [-0.25, -0.2) is 9.36 Å². The van der Waals surface area contributed by atoms with E-state index in [9.17, 15) is 27.6 Å². The predicted octanol–water partition coefficient (Wildman–Crippen LogP) is 0.639. The van der Waals surface area contributed by atoms with Crippen molar-refractivity contribution in [3.8, 4) is 5.75 Å². The second-order valence-corrected chi connectivity index (χ2v) is 6.76. The summed E-state index contributed by atoms with van der Waals surface area (Å²) >= 11 is 0. The third kappa shape index (κ3) is 10.1. The van der Waals surface area contributed by atoms with Crippen molar-refractivity contribution < 1.29 is 51.5 Å². The number of carboxylic acid groups (broad SMARTS) is 1. The van der Waals surface area contributed by atoms with Crippen LogP contribution in [-0.2, 0) is 32.6 Å². The van der Waals surface area contributed by atoms with Gasteiger partial charge in [0.2, 0.25) is 0 Å². The molecule has 0 bridgehead atoms. The van der Waals surface area contributed by atoms with Gasteiger partial charge in [-0.2, -0.15) is 13.2 Å². The molecule has 1 unspecified atom stereocenters. The number of aliphatic carboxylic acids is 1. The molecule has 1 atom stereocenters. The van der Waals surface area contributed by atoms with Gasteiger partial charge in [-0.05, 0) is 30.7 Å². The second kappa shape index (κ2) is 12.9. The van der Waals surface area contributed by atoms with Crippen molar-refractivity contribution in [3.63, 3.8) is 0 Å². The maximum Gasteiger partial charge on any atom is 0.430 e. The van der Waals surface area contributed by atoms with Gasteiger partial charge in [-0.15, -0.1) is 0 Å². The summed E-state index contributed by atoms with van der Waals surface area (Å²) in [6.07, 6.45) is -1.46. The van der Waals surface area contributed by atoms with Crippen molar-refractivity contribution in [2.24, 2.45) is 7.05 Å². The first-order valence-electron chi connectivity index (χ1n) is 9.81. The first-order chi connectivity index (χ1) is 15.8. The quantitative estimate of drug-likeness (QED) is 0.347. The summed E-state index contributed by atoms with van der Waals surface area (Å²) in [7, 11) is 1.81. The number of nitrogens with one attached hydrogen (secondary N) is 1. The number of pyridine rings is 1. The molecule has 1 aromatic carbocycles. The number of hydrogen-bond acceptors (Lipinski definition) is 7. The molecule has 0 radical (unpaired) electrons. The highest BCUT2D eigenvalue weighted by Crippen LogP contribution is 2.14. The lowest BCUT2D eigenvalue weighted by atomic mass is 10.1. The normalized spacial score (nSPS) is 11.4. The standard InChI is InChI=1S/C20H22N2O5.C2HF3O2/c1-4-26-20(25)18(21-19(24)16-6-5-11-22(3)13-16)12-15-7-9-17(10-8-15)27-14(2)23;3-2(4,5)1(6)7/h5-11,13,18H,4,12H2,1-3H3;(H,6,7). The topological polar surface area (TPSA) is 126 Å². The Morgan fingerprint density at radius 2 is 1.71 bits per heavy atom. The maximum atomic E-state index is 12.5. The molecule has 2 aromatic rings. The molecule has 0 aliphatic rings. The molecule has 0 aliphatic heterocycles. The van der Waals surface area contributed by atoms with Crippen LogP contribution >= 0.6 is 0 Å². The minimum absolute atomic E-state index is 0.219. The molecule has 0 saturated carbocycles. The Balaban J connectivity index is 0.000000718. The first-order valence-corrected chi connectivity index (χ1v) is 9.81. The van der Waals surface area contributed by atoms with Crippen LogP contribution in [0.25, 0.3) is 0 Å². The number of halogens is 3. The molecule has 1 aromatic heterocycles. The molecule has 0 saturated heterocycles. The summed E-state index contributed by atoms with van der Waals surface area (Å²) < 4.78 is 43.4. The molecule has 1 heterocycles. The number of esters is 2. The van der Waals surface area contributed by atoms with Gasteiger partial charge in [-0.3, -0.25) is 9.59 Å². The lowest BCUT2D eigenvalue weighted by Gasteiger charge is -2.17. The highest BCUT2D eigenvalue weighted by Gasteiger charge is 2.29. The monoisotopic (exact) mass is 484 g/mol. The summed E-state index contributed by atoms with van der Waals surface area (Å²) in [6, 6.07) is 9.34. The van der Waals surface area contributed by atoms with E-state index in [0.717, 1.165) is 5.56 Å². The van der Waals surface area contributed by atoms with Crippen LogP contribution in [0.4, 0.5) is 13.2 Å². The van der Waals surface area contributed by atoms with Gasteiger partial charge in [-0.1, -0.05) is 12.1 Å². The fraction of sp³-hybridized carbons (Fsp3) is 0.318. The van der Waals surface area contributed by atoms with Crippen molar-refractivity contribution in [3.05, 3.63) is 59.9 Å². The number of carbonyl (C=O) groups excluding carboxylic acids is 4. The third-order valence-electron chi connectivity index (χ3n) is 3.93. The molecular weight excluding hydrogens is 461 g/mol. The van der Waals surface area contributed by atoms with E-state index in [1.54, 1.807) is 54.1 Å². The van der Waals surface area contributed by atoms with Gasteiger partial charge < -0.3 is 24.7 Å². The van der Waals surface area contributed by atoms with Crippen molar-refractivity contribution in [1.29, 1.82) is 0 Å². The van der Waals surface area contributed by atoms with Crippen LogP contribution in [0, 0.1) is 0 Å². The van der Waals surface area contributed by atoms with E-state index in [1.165, 1.54) is 6.92 Å². The number of carbonyl (C=O) groups is 4. The van der Waals surface area contributed by atoms with Gasteiger partial charge in [0.05, 0.1) is 6.61 Å². The number of nitrogens with zero attached hydrogens (tertiary/aromatic N) is 1. The largest absolute Gasteiger partial charge is 0.542 e. The summed E-state index contributed by atoms with van der Waals surface area (Å²) in [5, 5.41) is 11.5. The number of amides is 1. The van der Waals surface area contributed by atoms with Gasteiger partial charge >= 0.3 is 18.1 Å². The number of benzene rings is 1. The van der Waals surface area contributed by atoms with E-state index in [1.807, 2.05) is 13.2 Å². The molecule has 0 aliphatic carbocycles. The molecule has 9 nitrogen and oxygen atoms in total. The number of hydrogen-bond donors (Lipinski definition) is 1. The van der Waals surface area contributed by atoms with E-state index in [4.69, 9.17) is 19.4 Å². The van der Waals surface area contributed by atoms with Crippen LogP contribution < -0.4 is 19.7 Å². The van der Waals surface area contributed by atoms with Crippen LogP contribution in [-0.4, -0.2) is 42.6 Å². The molecule has 12 heteroatoms. The minimum atomic E-state index is -5.19. The molecule has 0 fully saturated rings. The summed E-state index contributed by atoms with van der Waals surface area (Å²) in [4.78, 5) is 44.5. The van der Waals surface area contributed by atoms with Gasteiger partial charge in [0.1, 0.15) is 30.4 Å².